The van der Waals surface area contributed by atoms with Crippen molar-refractivity contribution in [3.8, 4) is 0 Å². The summed E-state index contributed by atoms with van der Waals surface area (Å²) >= 11 is 6.85. The molecule has 5 aromatic rings. The molecule has 0 saturated heterocycles. The van der Waals surface area contributed by atoms with E-state index in [1.165, 1.54) is 0 Å². The fraction of sp³-hybridized carbons (Fsp3) is 0.258. The topological polar surface area (TPSA) is 71.2 Å². The molecule has 0 amide bonds. The molecule has 0 aliphatic rings. The molecule has 3 aromatic heterocycles. The Morgan fingerprint density at radius 2 is 1.83 bits per heavy atom. The lowest BCUT2D eigenvalue weighted by Crippen LogP contribution is -2.22. The molecule has 0 saturated carbocycles. The molecule has 0 bridgehead atoms. The Labute approximate surface area is 257 Å². The number of pyridine rings is 1. The van der Waals surface area contributed by atoms with Crippen LogP contribution in [-0.4, -0.2) is 46.7 Å². The number of imidazole rings is 1. The van der Waals surface area contributed by atoms with Gasteiger partial charge in [0.25, 0.3) is 0 Å². The molecule has 42 heavy (non-hydrogen) atoms. The smallest absolute Gasteiger partial charge is 0.230 e. The highest BCUT2D eigenvalue weighted by Gasteiger charge is 2.26. The number of rotatable bonds is 13. The van der Waals surface area contributed by atoms with Gasteiger partial charge in [-0.05, 0) is 35.9 Å². The quantitative estimate of drug-likeness (QED) is 0.0599. The molecule has 5 rings (SSSR count). The number of halogens is 1. The summed E-state index contributed by atoms with van der Waals surface area (Å²) in [5.41, 5.74) is 3.92. The molecule has 1 unspecified atom stereocenters. The number of ether oxygens (including phenoxy) is 1. The van der Waals surface area contributed by atoms with Crippen molar-refractivity contribution < 1.29 is 13.7 Å². The Hall–Kier alpha value is -3.15. The fourth-order valence-corrected chi connectivity index (χ4v) is 5.91. The molecular weight excluding hydrogens is 583 g/mol. The summed E-state index contributed by atoms with van der Waals surface area (Å²) in [4.78, 5) is 23.3. The molecule has 214 valence electrons. The molecular formula is C31H32BClN4O3SSi. The minimum absolute atomic E-state index is 0.192. The van der Waals surface area contributed by atoms with E-state index >= 15 is 0 Å². The van der Waals surface area contributed by atoms with Gasteiger partial charge in [-0.1, -0.05) is 79.5 Å². The summed E-state index contributed by atoms with van der Waals surface area (Å²) in [7, 11) is 4.43. The van der Waals surface area contributed by atoms with Gasteiger partial charge in [0.05, 0.1) is 11.3 Å². The van der Waals surface area contributed by atoms with E-state index in [0.717, 1.165) is 40.0 Å². The Balaban J connectivity index is 1.53. The third-order valence-electron chi connectivity index (χ3n) is 6.93. The summed E-state index contributed by atoms with van der Waals surface area (Å²) in [6, 6.07) is 20.3. The minimum atomic E-state index is -1.28. The average molecular weight is 615 g/mol. The predicted molar refractivity (Wildman–Crippen MR) is 173 cm³/mol. The molecule has 0 spiro atoms. The molecule has 0 aliphatic heterocycles. The van der Waals surface area contributed by atoms with Gasteiger partial charge in [-0.3, -0.25) is 9.78 Å². The van der Waals surface area contributed by atoms with E-state index < -0.39 is 14.2 Å². The first-order valence-electron chi connectivity index (χ1n) is 13.7. The zero-order chi connectivity index (χ0) is 29.7. The third-order valence-corrected chi connectivity index (χ3v) is 9.19. The Kier molecular flexibility index (Phi) is 9.70. The van der Waals surface area contributed by atoms with E-state index in [2.05, 4.69) is 29.2 Å². The SMILES string of the molecule is [B]SOC(c1cccnc1)c1cn(COCC[Si](C)(C)C)c(C(=O)c2cn(Cc3ccc(Cl)cc3)c3ccccc23)n1. The van der Waals surface area contributed by atoms with Crippen LogP contribution >= 0.6 is 23.5 Å². The van der Waals surface area contributed by atoms with E-state index in [-0.39, 0.29) is 18.3 Å². The van der Waals surface area contributed by atoms with Crippen molar-refractivity contribution in [1.82, 2.24) is 19.1 Å². The molecule has 2 radical (unpaired) electrons. The van der Waals surface area contributed by atoms with Crippen molar-refractivity contribution in [2.24, 2.45) is 0 Å². The number of hydrogen-bond acceptors (Lipinski definition) is 6. The van der Waals surface area contributed by atoms with E-state index in [0.29, 0.717) is 29.4 Å². The van der Waals surface area contributed by atoms with E-state index in [1.54, 1.807) is 17.0 Å². The first-order chi connectivity index (χ1) is 20.2. The van der Waals surface area contributed by atoms with Crippen LogP contribution in [0.2, 0.25) is 30.7 Å². The summed E-state index contributed by atoms with van der Waals surface area (Å²) in [5.74, 6) is 0.0679. The van der Waals surface area contributed by atoms with Crippen molar-refractivity contribution >= 4 is 55.4 Å². The number of fused-ring (bicyclic) bond motifs is 1. The predicted octanol–water partition coefficient (Wildman–Crippen LogP) is 7.32. The van der Waals surface area contributed by atoms with Crippen LogP contribution < -0.4 is 0 Å². The highest BCUT2D eigenvalue weighted by atomic mass is 35.5. The second kappa shape index (κ2) is 13.4. The van der Waals surface area contributed by atoms with Crippen molar-refractivity contribution in [3.63, 3.8) is 0 Å². The third kappa shape index (κ3) is 7.25. The maximum absolute atomic E-state index is 14.3. The number of para-hydroxylation sites is 1. The first kappa shape index (κ1) is 30.3. The van der Waals surface area contributed by atoms with Crippen LogP contribution in [0.15, 0.2) is 85.5 Å². The molecule has 0 N–H and O–H groups in total. The second-order valence-electron chi connectivity index (χ2n) is 11.3. The Morgan fingerprint density at radius 1 is 1.05 bits per heavy atom. The second-order valence-corrected chi connectivity index (χ2v) is 17.8. The van der Waals surface area contributed by atoms with Gasteiger partial charge in [0, 0.05) is 67.5 Å². The number of carbonyl (C=O) groups excluding carboxylic acids is 1. The van der Waals surface area contributed by atoms with Crippen LogP contribution in [0, 0.1) is 0 Å². The van der Waals surface area contributed by atoms with Crippen molar-refractivity contribution in [1.29, 1.82) is 0 Å². The zero-order valence-corrected chi connectivity index (χ0v) is 26.4. The van der Waals surface area contributed by atoms with Crippen LogP contribution in [-0.2, 0) is 22.2 Å². The fourth-order valence-electron chi connectivity index (χ4n) is 4.71. The number of nitrogens with zero attached hydrogens (tertiary/aromatic N) is 4. The largest absolute Gasteiger partial charge is 0.361 e. The number of benzene rings is 2. The molecule has 0 fully saturated rings. The van der Waals surface area contributed by atoms with Crippen LogP contribution in [0.4, 0.5) is 0 Å². The molecule has 2 aromatic carbocycles. The lowest BCUT2D eigenvalue weighted by molar-refractivity contribution is 0.0812. The molecule has 3 heterocycles. The van der Waals surface area contributed by atoms with E-state index in [9.17, 15) is 4.79 Å². The summed E-state index contributed by atoms with van der Waals surface area (Å²) in [5, 5.41) is 1.54. The highest BCUT2D eigenvalue weighted by Crippen LogP contribution is 2.30. The molecule has 11 heteroatoms. The first-order valence-corrected chi connectivity index (χ1v) is 18.6. The highest BCUT2D eigenvalue weighted by molar-refractivity contribution is 8.15. The molecule has 1 atom stereocenters. The van der Waals surface area contributed by atoms with Gasteiger partial charge in [0.2, 0.25) is 12.9 Å². The van der Waals surface area contributed by atoms with Gasteiger partial charge in [-0.2, -0.15) is 0 Å². The van der Waals surface area contributed by atoms with E-state index in [1.807, 2.05) is 73.1 Å². The minimum Gasteiger partial charge on any atom is -0.361 e. The van der Waals surface area contributed by atoms with E-state index in [4.69, 9.17) is 32.6 Å². The lowest BCUT2D eigenvalue weighted by atomic mass is 10.1. The van der Waals surface area contributed by atoms with Crippen molar-refractivity contribution in [3.05, 3.63) is 119 Å². The Bertz CT molecular complexity index is 1650. The Morgan fingerprint density at radius 3 is 2.55 bits per heavy atom. The summed E-state index contributed by atoms with van der Waals surface area (Å²) < 4.78 is 15.7. The van der Waals surface area contributed by atoms with Crippen molar-refractivity contribution in [2.75, 3.05) is 6.61 Å². The van der Waals surface area contributed by atoms with Gasteiger partial charge in [0.15, 0.2) is 5.82 Å². The standard InChI is InChI=1S/C31H32BClN4O3SSi/c1-42(2,3)16-15-39-21-37-20-27(30(40-41-32)23-7-6-14-34-17-23)35-31(37)29(38)26-19-36(28-9-5-4-8-25(26)28)18-22-10-12-24(33)13-11-22/h4-14,17,19-20,30H,15-16,18,21H2,1-3H3. The van der Waals surface area contributed by atoms with Gasteiger partial charge >= 0.3 is 0 Å². The number of aromatic nitrogens is 4. The van der Waals surface area contributed by atoms with Crippen LogP contribution in [0.3, 0.4) is 0 Å². The average Bonchev–Trinajstić information content (AvgIpc) is 3.57. The van der Waals surface area contributed by atoms with Gasteiger partial charge in [-0.25, -0.2) is 4.98 Å². The normalized spacial score (nSPS) is 12.6. The lowest BCUT2D eigenvalue weighted by Gasteiger charge is -2.16. The molecule has 0 aliphatic carbocycles. The molecule has 7 nitrogen and oxygen atoms in total. The number of carbonyl (C=O) groups is 1. The van der Waals surface area contributed by atoms with Crippen LogP contribution in [0.1, 0.15) is 39.1 Å². The summed E-state index contributed by atoms with van der Waals surface area (Å²) in [6.07, 6.45) is 6.49. The number of ketones is 1. The monoisotopic (exact) mass is 614 g/mol. The van der Waals surface area contributed by atoms with Gasteiger partial charge in [-0.15, -0.1) is 0 Å². The maximum Gasteiger partial charge on any atom is 0.230 e. The van der Waals surface area contributed by atoms with Gasteiger partial charge in [0.1, 0.15) is 12.8 Å². The maximum atomic E-state index is 14.3. The zero-order valence-electron chi connectivity index (χ0n) is 23.9. The summed E-state index contributed by atoms with van der Waals surface area (Å²) in [6.45, 7) is 8.31. The van der Waals surface area contributed by atoms with Crippen LogP contribution in [0.25, 0.3) is 10.9 Å². The number of hydrogen-bond donors (Lipinski definition) is 0. The van der Waals surface area contributed by atoms with Crippen LogP contribution in [0.5, 0.6) is 0 Å². The van der Waals surface area contributed by atoms with Crippen molar-refractivity contribution in [2.45, 2.75) is 45.1 Å². The van der Waals surface area contributed by atoms with Gasteiger partial charge < -0.3 is 18.1 Å².